The van der Waals surface area contributed by atoms with Crippen LogP contribution >= 0.6 is 0 Å². The molecule has 3 heterocycles. The number of hydrogen-bond donors (Lipinski definition) is 0. The summed E-state index contributed by atoms with van der Waals surface area (Å²) in [6.45, 7) is 1.67. The van der Waals surface area contributed by atoms with E-state index in [-0.39, 0.29) is 10.8 Å². The summed E-state index contributed by atoms with van der Waals surface area (Å²) in [5, 5.41) is 3.96. The van der Waals surface area contributed by atoms with Gasteiger partial charge < -0.3 is 9.26 Å². The molecule has 0 saturated carbocycles. The Balaban J connectivity index is 1.25. The van der Waals surface area contributed by atoms with Crippen LogP contribution in [0.2, 0.25) is 0 Å². The fourth-order valence-electron chi connectivity index (χ4n) is 2.90. The number of nitrogens with zero attached hydrogens (tertiary/aromatic N) is 4. The molecule has 146 valence electrons. The van der Waals surface area contributed by atoms with E-state index in [9.17, 15) is 8.42 Å². The van der Waals surface area contributed by atoms with Crippen molar-refractivity contribution in [3.05, 3.63) is 72.1 Å². The average Bonchev–Trinajstić information content (AvgIpc) is 3.14. The van der Waals surface area contributed by atoms with Crippen LogP contribution in [0.15, 0.2) is 64.3 Å². The lowest BCUT2D eigenvalue weighted by molar-refractivity contribution is 0.122. The van der Waals surface area contributed by atoms with Gasteiger partial charge in [0.1, 0.15) is 4.90 Å². The number of aromatic nitrogens is 3. The van der Waals surface area contributed by atoms with Crippen molar-refractivity contribution < 1.29 is 17.7 Å². The van der Waals surface area contributed by atoms with Crippen LogP contribution in [0.3, 0.4) is 0 Å². The standard InChI is InChI=1S/C19H20N4O4S/c24-28(25,17-7-4-9-20-11-17)23-12-16(13-23)19-21-18(22-27-19)8-10-26-14-15-5-2-1-3-6-15/h1-7,9,11,16H,8,10,12-14H2. The summed E-state index contributed by atoms with van der Waals surface area (Å²) in [6.07, 6.45) is 3.44. The molecular weight excluding hydrogens is 380 g/mol. The minimum atomic E-state index is -3.52. The Morgan fingerprint density at radius 2 is 1.96 bits per heavy atom. The van der Waals surface area contributed by atoms with Gasteiger partial charge in [-0.1, -0.05) is 35.5 Å². The number of sulfonamides is 1. The van der Waals surface area contributed by atoms with Gasteiger partial charge >= 0.3 is 0 Å². The van der Waals surface area contributed by atoms with Gasteiger partial charge in [0.2, 0.25) is 15.9 Å². The largest absolute Gasteiger partial charge is 0.376 e. The Bertz CT molecular complexity index is 1000. The molecule has 0 bridgehead atoms. The molecule has 0 radical (unpaired) electrons. The van der Waals surface area contributed by atoms with Crippen LogP contribution in [0.4, 0.5) is 0 Å². The molecule has 1 aromatic carbocycles. The van der Waals surface area contributed by atoms with E-state index in [1.54, 1.807) is 12.3 Å². The topological polar surface area (TPSA) is 98.4 Å². The summed E-state index contributed by atoms with van der Waals surface area (Å²) in [4.78, 5) is 8.43. The van der Waals surface area contributed by atoms with Crippen molar-refractivity contribution in [2.75, 3.05) is 19.7 Å². The van der Waals surface area contributed by atoms with Crippen LogP contribution in [0.1, 0.15) is 23.2 Å². The van der Waals surface area contributed by atoms with E-state index >= 15 is 0 Å². The molecule has 0 atom stereocenters. The number of benzene rings is 1. The van der Waals surface area contributed by atoms with Crippen LogP contribution in [0, 0.1) is 0 Å². The highest BCUT2D eigenvalue weighted by Gasteiger charge is 2.40. The Labute approximate surface area is 163 Å². The third kappa shape index (κ3) is 4.11. The molecule has 0 amide bonds. The predicted octanol–water partition coefficient (Wildman–Crippen LogP) is 2.01. The molecule has 1 fully saturated rings. The van der Waals surface area contributed by atoms with Crippen LogP contribution in [0.5, 0.6) is 0 Å². The van der Waals surface area contributed by atoms with Gasteiger partial charge in [-0.15, -0.1) is 0 Å². The molecule has 1 aliphatic rings. The molecule has 28 heavy (non-hydrogen) atoms. The Kier molecular flexibility index (Phi) is 5.47. The van der Waals surface area contributed by atoms with Gasteiger partial charge in [0.15, 0.2) is 5.82 Å². The monoisotopic (exact) mass is 400 g/mol. The average molecular weight is 400 g/mol. The lowest BCUT2D eigenvalue weighted by Crippen LogP contribution is -2.48. The second kappa shape index (κ2) is 8.17. The molecule has 0 unspecified atom stereocenters. The predicted molar refractivity (Wildman–Crippen MR) is 99.8 cm³/mol. The first-order valence-electron chi connectivity index (χ1n) is 8.97. The van der Waals surface area contributed by atoms with Crippen molar-refractivity contribution in [2.45, 2.75) is 23.8 Å². The van der Waals surface area contributed by atoms with Crippen molar-refractivity contribution >= 4 is 10.0 Å². The highest BCUT2D eigenvalue weighted by molar-refractivity contribution is 7.89. The molecule has 9 heteroatoms. The number of pyridine rings is 1. The first-order chi connectivity index (χ1) is 13.6. The second-order valence-corrected chi connectivity index (χ2v) is 8.48. The first kappa shape index (κ1) is 18.7. The summed E-state index contributed by atoms with van der Waals surface area (Å²) in [5.41, 5.74) is 1.11. The lowest BCUT2D eigenvalue weighted by Gasteiger charge is -2.35. The summed E-state index contributed by atoms with van der Waals surface area (Å²) < 4.78 is 37.3. The smallest absolute Gasteiger partial charge is 0.244 e. The maximum atomic E-state index is 12.5. The molecule has 3 aromatic rings. The molecular formula is C19H20N4O4S. The number of rotatable bonds is 8. The summed E-state index contributed by atoms with van der Waals surface area (Å²) >= 11 is 0. The molecule has 0 aliphatic carbocycles. The third-order valence-electron chi connectivity index (χ3n) is 4.53. The molecule has 1 aliphatic heterocycles. The lowest BCUT2D eigenvalue weighted by atomic mass is 10.0. The van der Waals surface area contributed by atoms with E-state index in [0.29, 0.717) is 44.4 Å². The van der Waals surface area contributed by atoms with E-state index in [0.717, 1.165) is 5.56 Å². The Hall–Kier alpha value is -2.62. The molecule has 2 aromatic heterocycles. The number of hydrogen-bond acceptors (Lipinski definition) is 7. The Morgan fingerprint density at radius 3 is 2.71 bits per heavy atom. The van der Waals surface area contributed by atoms with Crippen molar-refractivity contribution in [2.24, 2.45) is 0 Å². The van der Waals surface area contributed by atoms with Crippen LogP contribution in [-0.4, -0.2) is 47.5 Å². The van der Waals surface area contributed by atoms with E-state index in [2.05, 4.69) is 15.1 Å². The van der Waals surface area contributed by atoms with Gasteiger partial charge in [-0.3, -0.25) is 4.98 Å². The van der Waals surface area contributed by atoms with E-state index < -0.39 is 10.0 Å². The molecule has 0 spiro atoms. The molecule has 0 N–H and O–H groups in total. The Morgan fingerprint density at radius 1 is 1.14 bits per heavy atom. The highest BCUT2D eigenvalue weighted by Crippen LogP contribution is 2.30. The van der Waals surface area contributed by atoms with Gasteiger partial charge in [-0.25, -0.2) is 8.42 Å². The van der Waals surface area contributed by atoms with Crippen molar-refractivity contribution in [3.8, 4) is 0 Å². The third-order valence-corrected chi connectivity index (χ3v) is 6.35. The molecule has 1 saturated heterocycles. The minimum Gasteiger partial charge on any atom is -0.376 e. The second-order valence-electron chi connectivity index (χ2n) is 6.54. The summed E-state index contributed by atoms with van der Waals surface area (Å²) in [7, 11) is -3.52. The van der Waals surface area contributed by atoms with Gasteiger partial charge in [0.25, 0.3) is 0 Å². The van der Waals surface area contributed by atoms with Gasteiger partial charge in [-0.05, 0) is 17.7 Å². The first-order valence-corrected chi connectivity index (χ1v) is 10.4. The summed E-state index contributed by atoms with van der Waals surface area (Å²) in [6, 6.07) is 13.1. The fraction of sp³-hybridized carbons (Fsp3) is 0.316. The molecule has 8 nitrogen and oxygen atoms in total. The van der Waals surface area contributed by atoms with E-state index in [4.69, 9.17) is 9.26 Å². The highest BCUT2D eigenvalue weighted by atomic mass is 32.2. The van der Waals surface area contributed by atoms with Crippen molar-refractivity contribution in [1.82, 2.24) is 19.4 Å². The maximum Gasteiger partial charge on any atom is 0.244 e. The van der Waals surface area contributed by atoms with Crippen LogP contribution < -0.4 is 0 Å². The van der Waals surface area contributed by atoms with Gasteiger partial charge in [-0.2, -0.15) is 9.29 Å². The maximum absolute atomic E-state index is 12.5. The zero-order valence-corrected chi connectivity index (χ0v) is 16.0. The van der Waals surface area contributed by atoms with Crippen molar-refractivity contribution in [3.63, 3.8) is 0 Å². The van der Waals surface area contributed by atoms with Crippen LogP contribution in [-0.2, 0) is 27.8 Å². The number of ether oxygens (including phenoxy) is 1. The fourth-order valence-corrected chi connectivity index (χ4v) is 4.40. The zero-order valence-electron chi connectivity index (χ0n) is 15.1. The molecule has 4 rings (SSSR count). The summed E-state index contributed by atoms with van der Waals surface area (Å²) in [5.74, 6) is 0.949. The van der Waals surface area contributed by atoms with Crippen molar-refractivity contribution in [1.29, 1.82) is 0 Å². The van der Waals surface area contributed by atoms with Gasteiger partial charge in [0, 0.05) is 31.9 Å². The normalized spacial score (nSPS) is 15.4. The van der Waals surface area contributed by atoms with Crippen LogP contribution in [0.25, 0.3) is 0 Å². The van der Waals surface area contributed by atoms with E-state index in [1.807, 2.05) is 30.3 Å². The van der Waals surface area contributed by atoms with Gasteiger partial charge in [0.05, 0.1) is 19.1 Å². The quantitative estimate of drug-likeness (QED) is 0.533. The van der Waals surface area contributed by atoms with E-state index in [1.165, 1.54) is 16.6 Å². The minimum absolute atomic E-state index is 0.0852. The zero-order chi connectivity index (χ0) is 19.4. The SMILES string of the molecule is O=S(=O)(c1cccnc1)N1CC(c2nc(CCOCc3ccccc3)no2)C1.